The number of carbonyl (C=O) groups excluding carboxylic acids is 1. The van der Waals surface area contributed by atoms with Crippen molar-refractivity contribution >= 4 is 43.4 Å². The molecule has 4 aromatic carbocycles. The lowest BCUT2D eigenvalue weighted by Crippen LogP contribution is -2.45. The first-order valence-electron chi connectivity index (χ1n) is 11.8. The molecular formula is C29H25N3O4S. The summed E-state index contributed by atoms with van der Waals surface area (Å²) in [7, 11) is -3.99. The van der Waals surface area contributed by atoms with Crippen molar-refractivity contribution in [1.29, 1.82) is 0 Å². The van der Waals surface area contributed by atoms with Gasteiger partial charge in [0.05, 0.1) is 21.6 Å². The minimum Gasteiger partial charge on any atom is -0.505 e. The first-order valence-corrected chi connectivity index (χ1v) is 13.2. The number of fused-ring (bicyclic) bond motifs is 2. The number of benzene rings is 4. The molecule has 0 aliphatic heterocycles. The third-order valence-electron chi connectivity index (χ3n) is 6.16. The minimum absolute atomic E-state index is 0.0652. The molecule has 1 aromatic heterocycles. The fraction of sp³-hybridized carbons (Fsp3) is 0.103. The second-order valence-electron chi connectivity index (χ2n) is 8.88. The molecule has 0 aliphatic carbocycles. The summed E-state index contributed by atoms with van der Waals surface area (Å²) in [5.41, 5.74) is 3.25. The lowest BCUT2D eigenvalue weighted by molar-refractivity contribution is -0.117. The molecule has 3 N–H and O–H groups in total. The zero-order valence-electron chi connectivity index (χ0n) is 20.0. The molecule has 0 radical (unpaired) electrons. The zero-order valence-corrected chi connectivity index (χ0v) is 20.9. The summed E-state index contributed by atoms with van der Waals surface area (Å²) in [6.45, 7) is 1.86. The number of para-hydroxylation sites is 1. The number of amides is 1. The van der Waals surface area contributed by atoms with E-state index in [1.807, 2.05) is 67.6 Å². The van der Waals surface area contributed by atoms with Gasteiger partial charge in [-0.05, 0) is 55.3 Å². The topological polar surface area (TPSA) is 108 Å². The summed E-state index contributed by atoms with van der Waals surface area (Å²) < 4.78 is 28.8. The van der Waals surface area contributed by atoms with Crippen LogP contribution in [-0.4, -0.2) is 30.5 Å². The van der Waals surface area contributed by atoms with E-state index in [0.717, 1.165) is 22.0 Å². The van der Waals surface area contributed by atoms with Crippen LogP contribution in [0.15, 0.2) is 102 Å². The highest BCUT2D eigenvalue weighted by Gasteiger charge is 2.27. The number of hydrogen-bond acceptors (Lipinski definition) is 5. The van der Waals surface area contributed by atoms with Crippen LogP contribution < -0.4 is 10.0 Å². The first-order chi connectivity index (χ1) is 17.8. The molecular weight excluding hydrogens is 486 g/mol. The summed E-state index contributed by atoms with van der Waals surface area (Å²) in [5.74, 6) is -0.730. The van der Waals surface area contributed by atoms with Crippen LogP contribution >= 0.6 is 0 Å². The highest BCUT2D eigenvalue weighted by molar-refractivity contribution is 7.89. The van der Waals surface area contributed by atoms with E-state index in [1.165, 1.54) is 12.1 Å². The van der Waals surface area contributed by atoms with Crippen molar-refractivity contribution in [3.05, 3.63) is 108 Å². The van der Waals surface area contributed by atoms with E-state index in [-0.39, 0.29) is 22.8 Å². The number of sulfonamides is 1. The molecule has 7 nitrogen and oxygen atoms in total. The number of aromatic nitrogens is 1. The Morgan fingerprint density at radius 3 is 2.35 bits per heavy atom. The number of hydrogen-bond donors (Lipinski definition) is 3. The molecule has 186 valence electrons. The first kappa shape index (κ1) is 24.4. The van der Waals surface area contributed by atoms with E-state index in [9.17, 15) is 18.3 Å². The van der Waals surface area contributed by atoms with Gasteiger partial charge >= 0.3 is 0 Å². The fourth-order valence-electron chi connectivity index (χ4n) is 4.16. The van der Waals surface area contributed by atoms with Crippen molar-refractivity contribution in [3.63, 3.8) is 0 Å². The molecule has 0 unspecified atom stereocenters. The Kier molecular flexibility index (Phi) is 6.60. The van der Waals surface area contributed by atoms with E-state index in [4.69, 9.17) is 0 Å². The van der Waals surface area contributed by atoms with Crippen LogP contribution in [0.5, 0.6) is 5.75 Å². The molecule has 8 heteroatoms. The zero-order chi connectivity index (χ0) is 26.0. The molecule has 0 saturated carbocycles. The predicted octanol–water partition coefficient (Wildman–Crippen LogP) is 4.93. The molecule has 1 heterocycles. The SMILES string of the molecule is Cc1ccc(S(=O)(=O)N[C@@H](Cc2ccccc2)C(=O)Nc2ccc3nc4ccccc4cc3c2O)cc1. The number of nitrogens with zero attached hydrogens (tertiary/aromatic N) is 1. The third kappa shape index (κ3) is 5.30. The number of anilines is 1. The smallest absolute Gasteiger partial charge is 0.243 e. The maximum Gasteiger partial charge on any atom is 0.243 e. The molecule has 1 atom stereocenters. The van der Waals surface area contributed by atoms with E-state index in [0.29, 0.717) is 10.9 Å². The fourth-order valence-corrected chi connectivity index (χ4v) is 5.36. The Bertz CT molecular complexity index is 1700. The normalized spacial score (nSPS) is 12.5. The summed E-state index contributed by atoms with van der Waals surface area (Å²) in [5, 5.41) is 15.0. The number of rotatable bonds is 7. The van der Waals surface area contributed by atoms with Gasteiger partial charge in [-0.25, -0.2) is 13.4 Å². The average molecular weight is 512 g/mol. The van der Waals surface area contributed by atoms with Crippen molar-refractivity contribution in [2.45, 2.75) is 24.3 Å². The summed E-state index contributed by atoms with van der Waals surface area (Å²) in [6.07, 6.45) is 0.123. The maximum atomic E-state index is 13.4. The lowest BCUT2D eigenvalue weighted by atomic mass is 10.1. The van der Waals surface area contributed by atoms with Crippen LogP contribution in [0.1, 0.15) is 11.1 Å². The van der Waals surface area contributed by atoms with Gasteiger partial charge in [-0.15, -0.1) is 0 Å². The number of nitrogens with one attached hydrogen (secondary N) is 2. The Labute approximate surface area is 214 Å². The molecule has 5 aromatic rings. The van der Waals surface area contributed by atoms with Gasteiger partial charge in [-0.3, -0.25) is 4.79 Å². The van der Waals surface area contributed by atoms with E-state index in [2.05, 4.69) is 15.0 Å². The Morgan fingerprint density at radius 2 is 1.59 bits per heavy atom. The number of aromatic hydroxyl groups is 1. The van der Waals surface area contributed by atoms with E-state index in [1.54, 1.807) is 24.3 Å². The van der Waals surface area contributed by atoms with Gasteiger partial charge in [-0.1, -0.05) is 66.2 Å². The largest absolute Gasteiger partial charge is 0.505 e. The number of pyridine rings is 1. The van der Waals surface area contributed by atoms with Crippen molar-refractivity contribution in [1.82, 2.24) is 9.71 Å². The molecule has 0 fully saturated rings. The van der Waals surface area contributed by atoms with Crippen LogP contribution in [0, 0.1) is 6.92 Å². The van der Waals surface area contributed by atoms with Crippen LogP contribution in [-0.2, 0) is 21.2 Å². The number of carbonyl (C=O) groups is 1. The van der Waals surface area contributed by atoms with Gasteiger partial charge in [0, 0.05) is 10.8 Å². The quantitative estimate of drug-likeness (QED) is 0.212. The molecule has 5 rings (SSSR count). The van der Waals surface area contributed by atoms with E-state index < -0.39 is 22.0 Å². The standard InChI is InChI=1S/C29H25N3O4S/c1-19-11-13-22(14-12-19)37(35,36)32-27(17-20-7-3-2-4-8-20)29(34)31-26-16-15-25-23(28(26)33)18-21-9-5-6-10-24(21)30-25/h2-16,18,27,32-33H,17H2,1H3,(H,31,34)/t27-/m0/s1. The Morgan fingerprint density at radius 1 is 0.892 bits per heavy atom. The third-order valence-corrected chi connectivity index (χ3v) is 7.64. The minimum atomic E-state index is -3.99. The lowest BCUT2D eigenvalue weighted by Gasteiger charge is -2.19. The number of aryl methyl sites for hydroxylation is 1. The second-order valence-corrected chi connectivity index (χ2v) is 10.6. The van der Waals surface area contributed by atoms with Crippen LogP contribution in [0.2, 0.25) is 0 Å². The van der Waals surface area contributed by atoms with Gasteiger partial charge in [-0.2, -0.15) is 4.72 Å². The van der Waals surface area contributed by atoms with Crippen LogP contribution in [0.3, 0.4) is 0 Å². The summed E-state index contributed by atoms with van der Waals surface area (Å²) in [4.78, 5) is 18.1. The van der Waals surface area contributed by atoms with Crippen molar-refractivity contribution in [2.75, 3.05) is 5.32 Å². The highest BCUT2D eigenvalue weighted by Crippen LogP contribution is 2.34. The van der Waals surface area contributed by atoms with E-state index >= 15 is 0 Å². The Hall–Kier alpha value is -4.27. The monoisotopic (exact) mass is 511 g/mol. The summed E-state index contributed by atoms with van der Waals surface area (Å²) in [6, 6.07) is 27.0. The number of phenolic OH excluding ortho intramolecular Hbond substituents is 1. The van der Waals surface area contributed by atoms with Gasteiger partial charge in [0.25, 0.3) is 0 Å². The predicted molar refractivity (Wildman–Crippen MR) is 145 cm³/mol. The molecule has 0 bridgehead atoms. The van der Waals surface area contributed by atoms with Gasteiger partial charge in [0.1, 0.15) is 11.8 Å². The molecule has 1 amide bonds. The summed E-state index contributed by atoms with van der Waals surface area (Å²) >= 11 is 0. The van der Waals surface area contributed by atoms with Crippen LogP contribution in [0.25, 0.3) is 21.8 Å². The van der Waals surface area contributed by atoms with Crippen molar-refractivity contribution < 1.29 is 18.3 Å². The maximum absolute atomic E-state index is 13.4. The highest BCUT2D eigenvalue weighted by atomic mass is 32.2. The van der Waals surface area contributed by atoms with Gasteiger partial charge in [0.2, 0.25) is 15.9 Å². The molecule has 37 heavy (non-hydrogen) atoms. The molecule has 0 saturated heterocycles. The van der Waals surface area contributed by atoms with Gasteiger partial charge < -0.3 is 10.4 Å². The van der Waals surface area contributed by atoms with Crippen molar-refractivity contribution in [2.24, 2.45) is 0 Å². The molecule has 0 aliphatic rings. The second kappa shape index (κ2) is 10.0. The van der Waals surface area contributed by atoms with Gasteiger partial charge in [0.15, 0.2) is 0 Å². The number of phenols is 1. The Balaban J connectivity index is 1.46. The average Bonchev–Trinajstić information content (AvgIpc) is 2.90. The van der Waals surface area contributed by atoms with Crippen molar-refractivity contribution in [3.8, 4) is 5.75 Å². The molecule has 0 spiro atoms. The van der Waals surface area contributed by atoms with Crippen LogP contribution in [0.4, 0.5) is 5.69 Å².